The van der Waals surface area contributed by atoms with Gasteiger partial charge in [-0.25, -0.2) is 9.07 Å². The second kappa shape index (κ2) is 9.08. The Morgan fingerprint density at radius 2 is 1.67 bits per heavy atom. The van der Waals surface area contributed by atoms with Crippen molar-refractivity contribution < 1.29 is 9.18 Å². The van der Waals surface area contributed by atoms with Gasteiger partial charge in [-0.15, -0.1) is 5.10 Å². The average Bonchev–Trinajstić information content (AvgIpc) is 3.26. The minimum absolute atomic E-state index is 0.156. The number of rotatable bonds is 6. The molecule has 3 aromatic carbocycles. The van der Waals surface area contributed by atoms with Crippen LogP contribution in [0.2, 0.25) is 0 Å². The number of anilines is 2. The van der Waals surface area contributed by atoms with E-state index in [1.165, 1.54) is 12.1 Å². The maximum atomic E-state index is 13.5. The summed E-state index contributed by atoms with van der Waals surface area (Å²) in [6, 6.07) is 25.7. The van der Waals surface area contributed by atoms with Gasteiger partial charge in [0.2, 0.25) is 11.9 Å². The Bertz CT molecular complexity index is 1280. The zero-order chi connectivity index (χ0) is 22.6. The summed E-state index contributed by atoms with van der Waals surface area (Å²) in [5.41, 5.74) is 3.82. The molecule has 2 N–H and O–H groups in total. The van der Waals surface area contributed by atoms with Crippen molar-refractivity contribution in [1.82, 2.24) is 14.8 Å². The van der Waals surface area contributed by atoms with E-state index in [9.17, 15) is 9.18 Å². The third-order valence-corrected chi connectivity index (χ3v) is 5.50. The first kappa shape index (κ1) is 20.6. The summed E-state index contributed by atoms with van der Waals surface area (Å²) in [5.74, 6) is 0.274. The van der Waals surface area contributed by atoms with E-state index in [-0.39, 0.29) is 23.7 Å². The van der Waals surface area contributed by atoms with Crippen LogP contribution in [0.25, 0.3) is 5.70 Å². The summed E-state index contributed by atoms with van der Waals surface area (Å²) in [6.45, 7) is 0. The van der Waals surface area contributed by atoms with E-state index in [1.54, 1.807) is 16.8 Å². The van der Waals surface area contributed by atoms with Gasteiger partial charge >= 0.3 is 0 Å². The average molecular weight is 439 g/mol. The molecule has 0 bridgehead atoms. The summed E-state index contributed by atoms with van der Waals surface area (Å²) >= 11 is 0. The summed E-state index contributed by atoms with van der Waals surface area (Å²) < 4.78 is 15.2. The SMILES string of the molecule is O=C(CCc1ccccc1)Nc1nc2n(n1)[C@H](c1ccc(F)cc1)C=C(c1ccccc1)N2. The van der Waals surface area contributed by atoms with Crippen molar-refractivity contribution in [2.45, 2.75) is 18.9 Å². The lowest BCUT2D eigenvalue weighted by molar-refractivity contribution is -0.116. The Hall–Kier alpha value is -4.26. The minimum Gasteiger partial charge on any atom is -0.324 e. The van der Waals surface area contributed by atoms with E-state index in [4.69, 9.17) is 0 Å². The monoisotopic (exact) mass is 439 g/mol. The van der Waals surface area contributed by atoms with Crippen LogP contribution in [0.1, 0.15) is 29.2 Å². The molecule has 33 heavy (non-hydrogen) atoms. The van der Waals surface area contributed by atoms with E-state index in [2.05, 4.69) is 20.7 Å². The molecule has 0 spiro atoms. The zero-order valence-corrected chi connectivity index (χ0v) is 17.8. The van der Waals surface area contributed by atoms with Crippen LogP contribution in [-0.4, -0.2) is 20.7 Å². The quantitative estimate of drug-likeness (QED) is 0.441. The van der Waals surface area contributed by atoms with Crippen molar-refractivity contribution in [3.05, 3.63) is 114 Å². The highest BCUT2D eigenvalue weighted by Crippen LogP contribution is 2.33. The van der Waals surface area contributed by atoms with Crippen LogP contribution in [0.5, 0.6) is 0 Å². The van der Waals surface area contributed by atoms with E-state index in [0.29, 0.717) is 18.8 Å². The molecule has 1 aromatic heterocycles. The first-order valence-corrected chi connectivity index (χ1v) is 10.8. The van der Waals surface area contributed by atoms with Crippen LogP contribution in [0, 0.1) is 5.82 Å². The molecule has 164 valence electrons. The molecule has 5 rings (SSSR count). The third-order valence-electron chi connectivity index (χ3n) is 5.50. The topological polar surface area (TPSA) is 71.8 Å². The standard InChI is InChI=1S/C26H22FN5O/c27-21-14-12-20(13-15-21)23-17-22(19-9-5-2-6-10-19)28-26-30-25(31-32(23)26)29-24(33)16-11-18-7-3-1-4-8-18/h1-10,12-15,17,23H,11,16H2,(H2,28,29,30,31,33)/t23-/m0/s1. The Labute approximate surface area is 190 Å². The van der Waals surface area contributed by atoms with Crippen molar-refractivity contribution in [2.75, 3.05) is 10.6 Å². The molecule has 0 fully saturated rings. The summed E-state index contributed by atoms with van der Waals surface area (Å²) in [6.07, 6.45) is 2.98. The highest BCUT2D eigenvalue weighted by molar-refractivity contribution is 5.89. The normalized spacial score (nSPS) is 14.7. The molecule has 1 aliphatic rings. The molecule has 0 aliphatic carbocycles. The Kier molecular flexibility index (Phi) is 5.68. The van der Waals surface area contributed by atoms with Gasteiger partial charge in [0, 0.05) is 12.1 Å². The number of aromatic nitrogens is 3. The summed E-state index contributed by atoms with van der Waals surface area (Å²) in [4.78, 5) is 17.0. The second-order valence-corrected chi connectivity index (χ2v) is 7.81. The van der Waals surface area contributed by atoms with Crippen molar-refractivity contribution in [3.63, 3.8) is 0 Å². The number of nitrogens with zero attached hydrogens (tertiary/aromatic N) is 3. The lowest BCUT2D eigenvalue weighted by atomic mass is 10.0. The Balaban J connectivity index is 1.40. The van der Waals surface area contributed by atoms with E-state index >= 15 is 0 Å². The van der Waals surface area contributed by atoms with E-state index in [0.717, 1.165) is 22.4 Å². The van der Waals surface area contributed by atoms with Gasteiger partial charge in [-0.3, -0.25) is 10.1 Å². The number of fused-ring (bicyclic) bond motifs is 1. The number of halogens is 1. The molecule has 1 aliphatic heterocycles. The maximum Gasteiger partial charge on any atom is 0.250 e. The number of hydrogen-bond donors (Lipinski definition) is 2. The molecule has 0 saturated carbocycles. The van der Waals surface area contributed by atoms with E-state index in [1.807, 2.05) is 66.7 Å². The molecule has 1 atom stereocenters. The molecule has 6 nitrogen and oxygen atoms in total. The van der Waals surface area contributed by atoms with Crippen LogP contribution in [-0.2, 0) is 11.2 Å². The first-order chi connectivity index (χ1) is 16.2. The van der Waals surface area contributed by atoms with Crippen molar-refractivity contribution in [1.29, 1.82) is 0 Å². The number of carbonyl (C=O) groups excluding carboxylic acids is 1. The van der Waals surface area contributed by atoms with Gasteiger partial charge in [0.25, 0.3) is 5.95 Å². The molecule has 0 unspecified atom stereocenters. The van der Waals surface area contributed by atoms with Gasteiger partial charge in [-0.2, -0.15) is 4.98 Å². The molecule has 4 aromatic rings. The smallest absolute Gasteiger partial charge is 0.250 e. The van der Waals surface area contributed by atoms with Crippen molar-refractivity contribution in [3.8, 4) is 0 Å². The van der Waals surface area contributed by atoms with Gasteiger partial charge in [-0.1, -0.05) is 72.8 Å². The number of hydrogen-bond acceptors (Lipinski definition) is 4. The Morgan fingerprint density at radius 1 is 0.970 bits per heavy atom. The van der Waals surface area contributed by atoms with E-state index < -0.39 is 0 Å². The maximum absolute atomic E-state index is 13.5. The Morgan fingerprint density at radius 3 is 2.39 bits per heavy atom. The third kappa shape index (κ3) is 4.67. The largest absolute Gasteiger partial charge is 0.324 e. The van der Waals surface area contributed by atoms with Gasteiger partial charge in [0.15, 0.2) is 0 Å². The lowest BCUT2D eigenvalue weighted by Crippen LogP contribution is -2.20. The zero-order valence-electron chi connectivity index (χ0n) is 17.8. The first-order valence-electron chi connectivity index (χ1n) is 10.8. The van der Waals surface area contributed by atoms with Crippen LogP contribution in [0.4, 0.5) is 16.3 Å². The highest BCUT2D eigenvalue weighted by atomic mass is 19.1. The predicted molar refractivity (Wildman–Crippen MR) is 126 cm³/mol. The van der Waals surface area contributed by atoms with Gasteiger partial charge in [0.05, 0.1) is 0 Å². The molecule has 0 radical (unpaired) electrons. The van der Waals surface area contributed by atoms with Crippen molar-refractivity contribution >= 4 is 23.5 Å². The second-order valence-electron chi connectivity index (χ2n) is 7.81. The highest BCUT2D eigenvalue weighted by Gasteiger charge is 2.25. The number of allylic oxidation sites excluding steroid dienone is 1. The van der Waals surface area contributed by atoms with Gasteiger partial charge < -0.3 is 5.32 Å². The number of carbonyl (C=O) groups is 1. The number of amides is 1. The minimum atomic E-state index is -0.306. The fraction of sp³-hybridized carbons (Fsp3) is 0.115. The van der Waals surface area contributed by atoms with Crippen LogP contribution in [0.3, 0.4) is 0 Å². The number of aryl methyl sites for hydroxylation is 1. The summed E-state index contributed by atoms with van der Waals surface area (Å²) in [5, 5.41) is 10.6. The molecular weight excluding hydrogens is 417 g/mol. The van der Waals surface area contributed by atoms with Gasteiger partial charge in [0.1, 0.15) is 11.9 Å². The molecule has 0 saturated heterocycles. The fourth-order valence-electron chi connectivity index (χ4n) is 3.82. The number of nitrogens with one attached hydrogen (secondary N) is 2. The van der Waals surface area contributed by atoms with Gasteiger partial charge in [-0.05, 0) is 41.3 Å². The van der Waals surface area contributed by atoms with Crippen LogP contribution in [0.15, 0.2) is 91.0 Å². The summed E-state index contributed by atoms with van der Waals surface area (Å²) in [7, 11) is 0. The van der Waals surface area contributed by atoms with Crippen molar-refractivity contribution in [2.24, 2.45) is 0 Å². The molecular formula is C26H22FN5O. The number of benzene rings is 3. The molecule has 2 heterocycles. The molecule has 1 amide bonds. The molecule has 7 heteroatoms. The van der Waals surface area contributed by atoms with Crippen LogP contribution >= 0.6 is 0 Å². The van der Waals surface area contributed by atoms with Crippen LogP contribution < -0.4 is 10.6 Å². The fourth-order valence-corrected chi connectivity index (χ4v) is 3.82. The lowest BCUT2D eigenvalue weighted by Gasteiger charge is -2.24. The predicted octanol–water partition coefficient (Wildman–Crippen LogP) is 5.04.